The van der Waals surface area contributed by atoms with Crippen LogP contribution in [0.4, 0.5) is 19.0 Å². The van der Waals surface area contributed by atoms with E-state index in [9.17, 15) is 23.2 Å². The molecule has 1 fully saturated rings. The van der Waals surface area contributed by atoms with Crippen LogP contribution in [0.1, 0.15) is 18.1 Å². The predicted molar refractivity (Wildman–Crippen MR) is 131 cm³/mol. The molecule has 2 aromatic heterocycles. The summed E-state index contributed by atoms with van der Waals surface area (Å²) >= 11 is 0. The molecule has 3 aromatic rings. The number of imidazole rings is 1. The molecule has 0 radical (unpaired) electrons. The summed E-state index contributed by atoms with van der Waals surface area (Å²) in [6, 6.07) is 9.63. The molecule has 1 aliphatic heterocycles. The molecule has 3 heterocycles. The number of alkyl halides is 3. The molecule has 11 nitrogen and oxygen atoms in total. The number of carbonyl (C=O) groups is 1. The lowest BCUT2D eigenvalue weighted by Crippen LogP contribution is -2.44. The number of nitrogens with zero attached hydrogens (tertiary/aromatic N) is 6. The van der Waals surface area contributed by atoms with Gasteiger partial charge >= 0.3 is 23.8 Å². The first kappa shape index (κ1) is 28.0. The van der Waals surface area contributed by atoms with Crippen LogP contribution in [-0.2, 0) is 17.9 Å². The van der Waals surface area contributed by atoms with Gasteiger partial charge in [0.25, 0.3) is 0 Å². The van der Waals surface area contributed by atoms with Crippen LogP contribution in [0.25, 0.3) is 11.2 Å². The Bertz CT molecular complexity index is 1470. The van der Waals surface area contributed by atoms with Gasteiger partial charge in [0.05, 0.1) is 31.8 Å². The zero-order valence-electron chi connectivity index (χ0n) is 20.5. The first-order chi connectivity index (χ1) is 18.1. The SMILES string of the molecule is CC#CCn1c(=O)n(Cc2ccccc2C#N)c2nc(OC)nc(N3CCNCC3)c21.O=C(O)C(F)(F)F. The number of halogens is 3. The van der Waals surface area contributed by atoms with Gasteiger partial charge in [0.2, 0.25) is 0 Å². The van der Waals surface area contributed by atoms with Crippen LogP contribution in [0.2, 0.25) is 0 Å². The van der Waals surface area contributed by atoms with E-state index in [4.69, 9.17) is 14.6 Å². The van der Waals surface area contributed by atoms with E-state index in [0.29, 0.717) is 22.5 Å². The fourth-order valence-electron chi connectivity index (χ4n) is 3.75. The lowest BCUT2D eigenvalue weighted by molar-refractivity contribution is -0.192. The molecule has 0 saturated carbocycles. The number of ether oxygens (including phenoxy) is 1. The van der Waals surface area contributed by atoms with E-state index in [-0.39, 0.29) is 24.8 Å². The topological polar surface area (TPSA) is 138 Å². The highest BCUT2D eigenvalue weighted by atomic mass is 19.4. The highest BCUT2D eigenvalue weighted by Crippen LogP contribution is 2.27. The number of carboxylic acid groups (broad SMARTS) is 1. The second-order valence-corrected chi connectivity index (χ2v) is 7.90. The van der Waals surface area contributed by atoms with Gasteiger partial charge < -0.3 is 20.1 Å². The van der Waals surface area contributed by atoms with Crippen molar-refractivity contribution in [1.29, 1.82) is 5.26 Å². The van der Waals surface area contributed by atoms with Gasteiger partial charge in [-0.05, 0) is 18.6 Å². The van der Waals surface area contributed by atoms with Crippen molar-refractivity contribution < 1.29 is 27.8 Å². The highest BCUT2D eigenvalue weighted by Gasteiger charge is 2.38. The van der Waals surface area contributed by atoms with Crippen LogP contribution in [0.15, 0.2) is 29.1 Å². The van der Waals surface area contributed by atoms with Crippen molar-refractivity contribution in [3.8, 4) is 23.9 Å². The maximum absolute atomic E-state index is 13.5. The quantitative estimate of drug-likeness (QED) is 0.470. The Morgan fingerprint density at radius 1 is 1.21 bits per heavy atom. The average Bonchev–Trinajstić information content (AvgIpc) is 3.17. The van der Waals surface area contributed by atoms with E-state index < -0.39 is 12.1 Å². The zero-order chi connectivity index (χ0) is 27.9. The third kappa shape index (κ3) is 6.22. The number of carboxylic acids is 1. The van der Waals surface area contributed by atoms with Crippen LogP contribution in [-0.4, -0.2) is 69.6 Å². The minimum Gasteiger partial charge on any atom is -0.475 e. The van der Waals surface area contributed by atoms with Crippen LogP contribution in [0.5, 0.6) is 6.01 Å². The maximum Gasteiger partial charge on any atom is 0.490 e. The second kappa shape index (κ2) is 12.1. The Morgan fingerprint density at radius 2 is 1.87 bits per heavy atom. The molecule has 1 saturated heterocycles. The van der Waals surface area contributed by atoms with Crippen molar-refractivity contribution in [3.05, 3.63) is 45.9 Å². The standard InChI is InChI=1S/C22H23N7O2.C2HF3O2/c1-3-4-11-28-18-19(27-12-9-24-10-13-27)25-21(31-2)26-20(18)29(22(28)30)15-17-8-6-5-7-16(17)14-23;3-2(4,5)1(6)7/h5-8,24H,9-13,15H2,1-2H3;(H,6,7). The summed E-state index contributed by atoms with van der Waals surface area (Å²) in [7, 11) is 1.51. The summed E-state index contributed by atoms with van der Waals surface area (Å²) in [6.45, 7) is 5.34. The summed E-state index contributed by atoms with van der Waals surface area (Å²) in [5, 5.41) is 19.9. The fourth-order valence-corrected chi connectivity index (χ4v) is 3.75. The van der Waals surface area contributed by atoms with Crippen molar-refractivity contribution in [1.82, 2.24) is 24.4 Å². The van der Waals surface area contributed by atoms with Crippen LogP contribution >= 0.6 is 0 Å². The predicted octanol–water partition coefficient (Wildman–Crippen LogP) is 1.59. The molecule has 0 amide bonds. The first-order valence-corrected chi connectivity index (χ1v) is 11.3. The number of methoxy groups -OCH3 is 1. The number of anilines is 1. The van der Waals surface area contributed by atoms with E-state index in [1.54, 1.807) is 28.2 Å². The second-order valence-electron chi connectivity index (χ2n) is 7.90. The summed E-state index contributed by atoms with van der Waals surface area (Å²) in [4.78, 5) is 33.6. The minimum atomic E-state index is -5.08. The molecule has 38 heavy (non-hydrogen) atoms. The number of piperazine rings is 1. The van der Waals surface area contributed by atoms with Crippen molar-refractivity contribution in [2.45, 2.75) is 26.2 Å². The number of nitriles is 1. The smallest absolute Gasteiger partial charge is 0.475 e. The van der Waals surface area contributed by atoms with Crippen molar-refractivity contribution in [3.63, 3.8) is 0 Å². The molecule has 0 atom stereocenters. The van der Waals surface area contributed by atoms with Crippen LogP contribution in [0.3, 0.4) is 0 Å². The van der Waals surface area contributed by atoms with Crippen molar-refractivity contribution >= 4 is 23.0 Å². The largest absolute Gasteiger partial charge is 0.490 e. The molecule has 200 valence electrons. The van der Waals surface area contributed by atoms with Crippen molar-refractivity contribution in [2.75, 3.05) is 38.2 Å². The lowest BCUT2D eigenvalue weighted by Gasteiger charge is -2.29. The molecular weight excluding hydrogens is 507 g/mol. The Hall–Kier alpha value is -4.56. The number of rotatable bonds is 5. The Morgan fingerprint density at radius 3 is 2.45 bits per heavy atom. The van der Waals surface area contributed by atoms with Gasteiger partial charge in [-0.3, -0.25) is 9.13 Å². The number of nitrogens with one attached hydrogen (secondary N) is 1. The third-order valence-corrected chi connectivity index (χ3v) is 5.54. The van der Waals surface area contributed by atoms with Gasteiger partial charge in [0, 0.05) is 26.2 Å². The van der Waals surface area contributed by atoms with Gasteiger partial charge in [-0.1, -0.05) is 24.1 Å². The van der Waals surface area contributed by atoms with Gasteiger partial charge in [-0.2, -0.15) is 28.4 Å². The van der Waals surface area contributed by atoms with E-state index in [1.807, 2.05) is 12.1 Å². The summed E-state index contributed by atoms with van der Waals surface area (Å²) in [5.74, 6) is 3.74. The molecule has 2 N–H and O–H groups in total. The Labute approximate surface area is 215 Å². The molecular formula is C24H24F3N7O4. The van der Waals surface area contributed by atoms with Crippen molar-refractivity contribution in [2.24, 2.45) is 0 Å². The van der Waals surface area contributed by atoms with E-state index >= 15 is 0 Å². The normalized spacial score (nSPS) is 13.1. The number of fused-ring (bicyclic) bond motifs is 1. The monoisotopic (exact) mass is 531 g/mol. The van der Waals surface area contributed by atoms with E-state index in [2.05, 4.69) is 38.1 Å². The third-order valence-electron chi connectivity index (χ3n) is 5.54. The molecule has 0 spiro atoms. The molecule has 1 aromatic carbocycles. The minimum absolute atomic E-state index is 0.196. The molecule has 0 unspecified atom stereocenters. The number of benzene rings is 1. The summed E-state index contributed by atoms with van der Waals surface area (Å²) in [6.07, 6.45) is -5.08. The molecule has 0 bridgehead atoms. The van der Waals surface area contributed by atoms with Gasteiger partial charge in [0.15, 0.2) is 11.5 Å². The first-order valence-electron chi connectivity index (χ1n) is 11.3. The fraction of sp³-hybridized carbons (Fsp3) is 0.375. The van der Waals surface area contributed by atoms with Gasteiger partial charge in [-0.15, -0.1) is 5.92 Å². The maximum atomic E-state index is 13.5. The van der Waals surface area contributed by atoms with E-state index in [1.165, 1.54) is 7.11 Å². The van der Waals surface area contributed by atoms with Gasteiger partial charge in [-0.25, -0.2) is 9.59 Å². The summed E-state index contributed by atoms with van der Waals surface area (Å²) in [5.41, 5.74) is 2.12. The molecule has 1 aliphatic rings. The molecule has 0 aliphatic carbocycles. The summed E-state index contributed by atoms with van der Waals surface area (Å²) < 4.78 is 40.3. The lowest BCUT2D eigenvalue weighted by atomic mass is 10.1. The van der Waals surface area contributed by atoms with E-state index in [0.717, 1.165) is 31.7 Å². The van der Waals surface area contributed by atoms with Gasteiger partial charge in [0.1, 0.15) is 5.52 Å². The number of aliphatic carboxylic acids is 1. The Balaban J connectivity index is 0.000000505. The van der Waals surface area contributed by atoms with Crippen LogP contribution in [0, 0.1) is 23.2 Å². The number of hydrogen-bond donors (Lipinski definition) is 2. The average molecular weight is 531 g/mol. The molecule has 4 rings (SSSR count). The highest BCUT2D eigenvalue weighted by molar-refractivity contribution is 5.85. The molecule has 14 heteroatoms. The van der Waals surface area contributed by atoms with Crippen LogP contribution < -0.4 is 20.6 Å². The number of hydrogen-bond acceptors (Lipinski definition) is 8. The number of aromatic nitrogens is 4. The Kier molecular flexibility index (Phi) is 8.94. The zero-order valence-corrected chi connectivity index (χ0v) is 20.5.